The Morgan fingerprint density at radius 1 is 1.18 bits per heavy atom. The van der Waals surface area contributed by atoms with Gasteiger partial charge in [-0.1, -0.05) is 52.8 Å². The van der Waals surface area contributed by atoms with Crippen LogP contribution < -0.4 is 0 Å². The summed E-state index contributed by atoms with van der Waals surface area (Å²) in [4.78, 5) is 10.9. The normalized spacial score (nSPS) is 11.2. The number of hydrogen-bond acceptors (Lipinski definition) is 1. The number of carbonyl (C=O) groups is 1. The maximum atomic E-state index is 10.9. The quantitative estimate of drug-likeness (QED) is 0.699. The maximum absolute atomic E-state index is 10.9. The third kappa shape index (κ3) is 8.73. The Morgan fingerprint density at radius 3 is 1.82 bits per heavy atom. The lowest BCUT2D eigenvalue weighted by atomic mass is 9.83. The van der Waals surface area contributed by atoms with Gasteiger partial charge in [0.25, 0.3) is 0 Å². The lowest BCUT2D eigenvalue weighted by Crippen LogP contribution is -2.25. The van der Waals surface area contributed by atoms with Crippen LogP contribution in [0.5, 0.6) is 0 Å². The van der Waals surface area contributed by atoms with E-state index in [9.17, 15) is 4.79 Å². The number of hydrogen-bond donors (Lipinski definition) is 1. The van der Waals surface area contributed by atoms with Crippen molar-refractivity contribution in [2.24, 2.45) is 5.41 Å². The Labute approximate surface area is 107 Å². The molecule has 0 rings (SSSR count). The highest BCUT2D eigenvalue weighted by atomic mass is 16.4. The molecule has 0 amide bonds. The number of aliphatic carboxylic acids is 1. The van der Waals surface area contributed by atoms with Crippen molar-refractivity contribution in [1.82, 2.24) is 0 Å². The second-order valence-electron chi connectivity index (χ2n) is 3.50. The smallest absolute Gasteiger partial charge is 0.313 e. The molecule has 0 bridgehead atoms. The van der Waals surface area contributed by atoms with Crippen molar-refractivity contribution >= 4 is 5.97 Å². The van der Waals surface area contributed by atoms with Crippen molar-refractivity contribution in [3.63, 3.8) is 0 Å². The molecular formula is C15H30O2. The largest absolute Gasteiger partial charge is 0.481 e. The molecule has 1 N–H and O–H groups in total. The van der Waals surface area contributed by atoms with Gasteiger partial charge in [0, 0.05) is 0 Å². The molecule has 2 heteroatoms. The van der Waals surface area contributed by atoms with E-state index in [1.807, 2.05) is 59.8 Å². The highest BCUT2D eigenvalue weighted by Crippen LogP contribution is 2.27. The van der Waals surface area contributed by atoms with Gasteiger partial charge in [-0.25, -0.2) is 0 Å². The third-order valence-corrected chi connectivity index (χ3v) is 2.03. The van der Waals surface area contributed by atoms with Crippen molar-refractivity contribution in [3.05, 3.63) is 23.8 Å². The minimum absolute atomic E-state index is 0.787. The second-order valence-corrected chi connectivity index (χ2v) is 3.50. The molecule has 0 spiro atoms. The number of allylic oxidation sites excluding steroid dienone is 3. The minimum Gasteiger partial charge on any atom is -0.481 e. The minimum atomic E-state index is -0.789. The van der Waals surface area contributed by atoms with Crippen LogP contribution >= 0.6 is 0 Å². The van der Waals surface area contributed by atoms with Gasteiger partial charge in [-0.2, -0.15) is 0 Å². The van der Waals surface area contributed by atoms with Crippen LogP contribution in [-0.4, -0.2) is 11.1 Å². The van der Waals surface area contributed by atoms with Crippen LogP contribution in [0.1, 0.15) is 61.8 Å². The fraction of sp³-hybridized carbons (Fsp3) is 0.667. The standard InChI is InChI=1S/C11H18O2.2C2H6/c1-5-7-9(8-6-2)11(3,4)10(12)13;2*1-2/h5,7-8H,6H2,1-4H3,(H,12,13);2*1-2H3/b7-5-,9-8+;;. The van der Waals surface area contributed by atoms with Crippen LogP contribution in [0.15, 0.2) is 23.8 Å². The van der Waals surface area contributed by atoms with Crippen molar-refractivity contribution in [2.75, 3.05) is 0 Å². The van der Waals surface area contributed by atoms with Gasteiger partial charge in [0.2, 0.25) is 0 Å². The molecule has 0 aliphatic rings. The first kappa shape index (κ1) is 21.3. The first-order valence-electron chi connectivity index (χ1n) is 6.53. The van der Waals surface area contributed by atoms with Crippen LogP contribution in [0.25, 0.3) is 0 Å². The average Bonchev–Trinajstić information content (AvgIpc) is 2.33. The molecule has 0 aromatic rings. The molecule has 17 heavy (non-hydrogen) atoms. The van der Waals surface area contributed by atoms with Crippen LogP contribution in [0.4, 0.5) is 0 Å². The van der Waals surface area contributed by atoms with E-state index < -0.39 is 11.4 Å². The summed E-state index contributed by atoms with van der Waals surface area (Å²) < 4.78 is 0. The van der Waals surface area contributed by atoms with E-state index in [0.29, 0.717) is 0 Å². The van der Waals surface area contributed by atoms with Gasteiger partial charge in [-0.05, 0) is 32.8 Å². The van der Waals surface area contributed by atoms with Crippen LogP contribution in [0.3, 0.4) is 0 Å². The monoisotopic (exact) mass is 242 g/mol. The Bertz CT molecular complexity index is 235. The van der Waals surface area contributed by atoms with E-state index in [1.165, 1.54) is 0 Å². The third-order valence-electron chi connectivity index (χ3n) is 2.03. The highest BCUT2D eigenvalue weighted by molar-refractivity contribution is 5.78. The zero-order chi connectivity index (χ0) is 14.5. The van der Waals surface area contributed by atoms with E-state index >= 15 is 0 Å². The van der Waals surface area contributed by atoms with Crippen molar-refractivity contribution in [3.8, 4) is 0 Å². The number of carboxylic acids is 1. The molecule has 0 radical (unpaired) electrons. The van der Waals surface area contributed by atoms with E-state index in [0.717, 1.165) is 12.0 Å². The van der Waals surface area contributed by atoms with Crippen molar-refractivity contribution in [1.29, 1.82) is 0 Å². The predicted octanol–water partition coefficient (Wildman–Crippen LogP) is 5.06. The SMILES string of the molecule is C/C=C\C(=C/CC)C(C)(C)C(=O)O.CC.CC. The molecule has 0 aromatic heterocycles. The molecule has 0 saturated heterocycles. The van der Waals surface area contributed by atoms with Crippen molar-refractivity contribution < 1.29 is 9.90 Å². The molecule has 2 nitrogen and oxygen atoms in total. The summed E-state index contributed by atoms with van der Waals surface area (Å²) in [6, 6.07) is 0. The zero-order valence-corrected chi connectivity index (χ0v) is 12.8. The van der Waals surface area contributed by atoms with Gasteiger partial charge in [0.1, 0.15) is 0 Å². The summed E-state index contributed by atoms with van der Waals surface area (Å²) in [7, 11) is 0. The molecular weight excluding hydrogens is 212 g/mol. The Hall–Kier alpha value is -1.05. The number of rotatable bonds is 4. The topological polar surface area (TPSA) is 37.3 Å². The van der Waals surface area contributed by atoms with Gasteiger partial charge in [0.15, 0.2) is 0 Å². The molecule has 0 atom stereocenters. The molecule has 0 aliphatic carbocycles. The van der Waals surface area contributed by atoms with Gasteiger partial charge < -0.3 is 5.11 Å². The Balaban J connectivity index is -0.000000439. The molecule has 0 unspecified atom stereocenters. The van der Waals surface area contributed by atoms with Gasteiger partial charge >= 0.3 is 5.97 Å². The summed E-state index contributed by atoms with van der Waals surface area (Å²) in [5, 5.41) is 8.99. The van der Waals surface area contributed by atoms with Crippen LogP contribution in [-0.2, 0) is 4.79 Å². The molecule has 0 aromatic carbocycles. The summed E-state index contributed by atoms with van der Waals surface area (Å²) in [6.07, 6.45) is 6.54. The van der Waals surface area contributed by atoms with E-state index in [1.54, 1.807) is 13.8 Å². The molecule has 0 heterocycles. The number of carboxylic acid groups (broad SMARTS) is 1. The van der Waals surface area contributed by atoms with E-state index in [2.05, 4.69) is 0 Å². The van der Waals surface area contributed by atoms with E-state index in [-0.39, 0.29) is 0 Å². The second kappa shape index (κ2) is 13.0. The van der Waals surface area contributed by atoms with Gasteiger partial charge in [-0.15, -0.1) is 0 Å². The average molecular weight is 242 g/mol. The van der Waals surface area contributed by atoms with Crippen LogP contribution in [0, 0.1) is 5.41 Å². The molecule has 0 aliphatic heterocycles. The fourth-order valence-electron chi connectivity index (χ4n) is 1.05. The van der Waals surface area contributed by atoms with Crippen LogP contribution in [0.2, 0.25) is 0 Å². The first-order valence-corrected chi connectivity index (χ1v) is 6.53. The van der Waals surface area contributed by atoms with E-state index in [4.69, 9.17) is 5.11 Å². The lowest BCUT2D eigenvalue weighted by molar-refractivity contribution is -0.144. The first-order chi connectivity index (χ1) is 7.96. The Morgan fingerprint density at radius 2 is 1.59 bits per heavy atom. The summed E-state index contributed by atoms with van der Waals surface area (Å²) in [5.41, 5.74) is 0.0766. The maximum Gasteiger partial charge on any atom is 0.313 e. The predicted molar refractivity (Wildman–Crippen MR) is 77.3 cm³/mol. The van der Waals surface area contributed by atoms with Gasteiger partial charge in [-0.3, -0.25) is 4.79 Å². The summed E-state index contributed by atoms with van der Waals surface area (Å²) in [5.74, 6) is -0.787. The highest BCUT2D eigenvalue weighted by Gasteiger charge is 2.29. The van der Waals surface area contributed by atoms with Gasteiger partial charge in [0.05, 0.1) is 5.41 Å². The fourth-order valence-corrected chi connectivity index (χ4v) is 1.05. The Kier molecular flexibility index (Phi) is 16.3. The molecule has 102 valence electrons. The van der Waals surface area contributed by atoms with Crippen molar-refractivity contribution in [2.45, 2.75) is 61.8 Å². The summed E-state index contributed by atoms with van der Waals surface area (Å²) in [6.45, 7) is 15.3. The molecule has 0 fully saturated rings. The summed E-state index contributed by atoms with van der Waals surface area (Å²) >= 11 is 0. The lowest BCUT2D eigenvalue weighted by Gasteiger charge is -2.20. The molecule has 0 saturated carbocycles. The zero-order valence-electron chi connectivity index (χ0n) is 12.8.